The van der Waals surface area contributed by atoms with E-state index in [4.69, 9.17) is 21.1 Å². The third kappa shape index (κ3) is 4.16. The SMILES string of the molecule is COc1ccc(Cc2cc(C3CC(O)CC(CO)O3)c3ccccc3c2Cl)c(F)c1. The monoisotopic (exact) mass is 430 g/mol. The van der Waals surface area contributed by atoms with Crippen LogP contribution in [0.4, 0.5) is 4.39 Å². The Balaban J connectivity index is 1.79. The molecule has 30 heavy (non-hydrogen) atoms. The lowest BCUT2D eigenvalue weighted by Crippen LogP contribution is -2.33. The van der Waals surface area contributed by atoms with Crippen LogP contribution < -0.4 is 4.74 Å². The zero-order chi connectivity index (χ0) is 21.3. The second kappa shape index (κ2) is 8.90. The molecular weight excluding hydrogens is 407 g/mol. The maximum absolute atomic E-state index is 14.6. The number of hydrogen-bond donors (Lipinski definition) is 2. The summed E-state index contributed by atoms with van der Waals surface area (Å²) in [6.07, 6.45) is -0.215. The number of fused-ring (bicyclic) bond motifs is 1. The molecule has 0 aliphatic carbocycles. The minimum Gasteiger partial charge on any atom is -0.497 e. The fourth-order valence-electron chi connectivity index (χ4n) is 4.13. The molecular formula is C24H24ClFO4. The van der Waals surface area contributed by atoms with Crippen molar-refractivity contribution in [1.29, 1.82) is 0 Å². The molecule has 3 unspecified atom stereocenters. The zero-order valence-corrected chi connectivity index (χ0v) is 17.4. The van der Waals surface area contributed by atoms with E-state index in [2.05, 4.69) is 0 Å². The molecule has 2 N–H and O–H groups in total. The van der Waals surface area contributed by atoms with Crippen molar-refractivity contribution in [2.75, 3.05) is 13.7 Å². The van der Waals surface area contributed by atoms with E-state index in [1.54, 1.807) is 12.1 Å². The Hall–Kier alpha value is -2.18. The molecule has 0 saturated carbocycles. The molecule has 0 radical (unpaired) electrons. The summed E-state index contributed by atoms with van der Waals surface area (Å²) in [5.74, 6) is 0.103. The van der Waals surface area contributed by atoms with Gasteiger partial charge in [-0.25, -0.2) is 4.39 Å². The van der Waals surface area contributed by atoms with Crippen LogP contribution in [0.3, 0.4) is 0 Å². The molecule has 4 rings (SSSR count). The van der Waals surface area contributed by atoms with Crippen LogP contribution in [0.15, 0.2) is 48.5 Å². The van der Waals surface area contributed by atoms with E-state index in [9.17, 15) is 14.6 Å². The molecule has 3 aromatic rings. The average Bonchev–Trinajstić information content (AvgIpc) is 2.76. The summed E-state index contributed by atoms with van der Waals surface area (Å²) >= 11 is 6.72. The summed E-state index contributed by atoms with van der Waals surface area (Å²) < 4.78 is 25.7. The van der Waals surface area contributed by atoms with E-state index in [1.807, 2.05) is 30.3 Å². The lowest BCUT2D eigenvalue weighted by Gasteiger charge is -2.33. The van der Waals surface area contributed by atoms with Crippen LogP contribution in [0, 0.1) is 5.82 Å². The Morgan fingerprint density at radius 3 is 2.57 bits per heavy atom. The first-order chi connectivity index (χ1) is 14.5. The number of rotatable bonds is 5. The molecule has 1 saturated heterocycles. The molecule has 0 spiro atoms. The van der Waals surface area contributed by atoms with Crippen molar-refractivity contribution in [3.05, 3.63) is 76.1 Å². The summed E-state index contributed by atoms with van der Waals surface area (Å²) in [5.41, 5.74) is 2.17. The van der Waals surface area contributed by atoms with Crippen molar-refractivity contribution in [1.82, 2.24) is 0 Å². The van der Waals surface area contributed by atoms with Gasteiger partial charge < -0.3 is 19.7 Å². The largest absolute Gasteiger partial charge is 0.497 e. The molecule has 3 atom stereocenters. The second-order valence-corrected chi connectivity index (χ2v) is 8.05. The Kier molecular flexibility index (Phi) is 6.25. The van der Waals surface area contributed by atoms with Gasteiger partial charge in [0.2, 0.25) is 0 Å². The van der Waals surface area contributed by atoms with Crippen molar-refractivity contribution < 1.29 is 24.1 Å². The normalized spacial score (nSPS) is 21.7. The van der Waals surface area contributed by atoms with E-state index < -0.39 is 12.2 Å². The Labute approximate surface area is 179 Å². The molecule has 1 fully saturated rings. The van der Waals surface area contributed by atoms with Gasteiger partial charge in [-0.15, -0.1) is 0 Å². The van der Waals surface area contributed by atoms with Gasteiger partial charge in [0.15, 0.2) is 0 Å². The molecule has 0 amide bonds. The number of benzene rings is 3. The van der Waals surface area contributed by atoms with Crippen LogP contribution in [0.2, 0.25) is 5.02 Å². The van der Waals surface area contributed by atoms with E-state index in [0.717, 1.165) is 21.9 Å². The highest BCUT2D eigenvalue weighted by molar-refractivity contribution is 6.36. The van der Waals surface area contributed by atoms with Crippen molar-refractivity contribution in [3.8, 4) is 5.75 Å². The highest BCUT2D eigenvalue weighted by Gasteiger charge is 2.30. The third-order valence-corrected chi connectivity index (χ3v) is 6.10. The smallest absolute Gasteiger partial charge is 0.130 e. The lowest BCUT2D eigenvalue weighted by atomic mass is 9.90. The average molecular weight is 431 g/mol. The van der Waals surface area contributed by atoms with Gasteiger partial charge in [0.05, 0.1) is 37.1 Å². The summed E-state index contributed by atoms with van der Waals surface area (Å²) in [7, 11) is 1.50. The van der Waals surface area contributed by atoms with Gasteiger partial charge in [0, 0.05) is 30.7 Å². The molecule has 4 nitrogen and oxygen atoms in total. The maximum Gasteiger partial charge on any atom is 0.130 e. The molecule has 6 heteroatoms. The first kappa shape index (κ1) is 21.1. The first-order valence-electron chi connectivity index (χ1n) is 9.97. The highest BCUT2D eigenvalue weighted by atomic mass is 35.5. The molecule has 0 bridgehead atoms. The van der Waals surface area contributed by atoms with Gasteiger partial charge >= 0.3 is 0 Å². The van der Waals surface area contributed by atoms with Crippen molar-refractivity contribution >= 4 is 22.4 Å². The first-order valence-corrected chi connectivity index (χ1v) is 10.3. The van der Waals surface area contributed by atoms with E-state index in [-0.39, 0.29) is 18.5 Å². The van der Waals surface area contributed by atoms with Crippen LogP contribution in [0.25, 0.3) is 10.8 Å². The number of hydrogen-bond acceptors (Lipinski definition) is 4. The van der Waals surface area contributed by atoms with Crippen LogP contribution in [-0.4, -0.2) is 36.1 Å². The Morgan fingerprint density at radius 1 is 1.10 bits per heavy atom. The lowest BCUT2D eigenvalue weighted by molar-refractivity contribution is -0.113. The van der Waals surface area contributed by atoms with Crippen molar-refractivity contribution in [2.45, 2.75) is 37.6 Å². The molecule has 0 aromatic heterocycles. The van der Waals surface area contributed by atoms with E-state index in [0.29, 0.717) is 35.6 Å². The number of aliphatic hydroxyl groups excluding tert-OH is 2. The number of ether oxygens (including phenoxy) is 2. The number of aliphatic hydroxyl groups is 2. The summed E-state index contributed by atoms with van der Waals surface area (Å²) in [4.78, 5) is 0. The summed E-state index contributed by atoms with van der Waals surface area (Å²) in [6, 6.07) is 14.4. The minimum absolute atomic E-state index is 0.150. The van der Waals surface area contributed by atoms with Crippen LogP contribution in [0.5, 0.6) is 5.75 Å². The van der Waals surface area contributed by atoms with Gasteiger partial charge in [-0.3, -0.25) is 0 Å². The third-order valence-electron chi connectivity index (χ3n) is 5.66. The molecule has 1 aliphatic heterocycles. The predicted octanol–water partition coefficient (Wildman–Crippen LogP) is 4.81. The van der Waals surface area contributed by atoms with Gasteiger partial charge in [-0.05, 0) is 28.1 Å². The second-order valence-electron chi connectivity index (χ2n) is 7.67. The van der Waals surface area contributed by atoms with Gasteiger partial charge in [-0.1, -0.05) is 48.0 Å². The maximum atomic E-state index is 14.6. The Morgan fingerprint density at radius 2 is 1.87 bits per heavy atom. The van der Waals surface area contributed by atoms with Gasteiger partial charge in [0.25, 0.3) is 0 Å². The predicted molar refractivity (Wildman–Crippen MR) is 115 cm³/mol. The topological polar surface area (TPSA) is 58.9 Å². The Bertz CT molecular complexity index is 1050. The molecule has 1 aliphatic rings. The standard InChI is InChI=1S/C24H24ClFO4/c1-29-17-7-6-14(22(26)12-17)8-15-9-21(19-4-2-3-5-20(19)24(15)25)23-11-16(28)10-18(13-27)30-23/h2-7,9,12,16,18,23,27-28H,8,10-11,13H2,1H3. The van der Waals surface area contributed by atoms with Crippen molar-refractivity contribution in [2.24, 2.45) is 0 Å². The van der Waals surface area contributed by atoms with Crippen LogP contribution in [0.1, 0.15) is 35.6 Å². The quantitative estimate of drug-likeness (QED) is 0.610. The fourth-order valence-corrected chi connectivity index (χ4v) is 4.42. The van der Waals surface area contributed by atoms with Gasteiger partial charge in [0.1, 0.15) is 11.6 Å². The molecule has 1 heterocycles. The van der Waals surface area contributed by atoms with E-state index >= 15 is 0 Å². The summed E-state index contributed by atoms with van der Waals surface area (Å²) in [6.45, 7) is -0.150. The van der Waals surface area contributed by atoms with Crippen LogP contribution in [-0.2, 0) is 11.2 Å². The molecule has 3 aromatic carbocycles. The van der Waals surface area contributed by atoms with Crippen LogP contribution >= 0.6 is 11.6 Å². The number of halogens is 2. The molecule has 158 valence electrons. The highest BCUT2D eigenvalue weighted by Crippen LogP contribution is 2.40. The van der Waals surface area contributed by atoms with Crippen molar-refractivity contribution in [3.63, 3.8) is 0 Å². The number of methoxy groups -OCH3 is 1. The van der Waals surface area contributed by atoms with E-state index in [1.165, 1.54) is 13.2 Å². The zero-order valence-electron chi connectivity index (χ0n) is 16.6. The fraction of sp³-hybridized carbons (Fsp3) is 0.333. The summed E-state index contributed by atoms with van der Waals surface area (Å²) in [5, 5.41) is 22.2. The minimum atomic E-state index is -0.558. The van der Waals surface area contributed by atoms with Gasteiger partial charge in [-0.2, -0.15) is 0 Å².